The molecule has 1 unspecified atom stereocenters. The third-order valence-electron chi connectivity index (χ3n) is 4.19. The molecule has 3 rings (SSSR count). The Labute approximate surface area is 137 Å². The molecular formula is C15H16BrClN2O2. The van der Waals surface area contributed by atoms with Crippen molar-refractivity contribution in [1.29, 1.82) is 0 Å². The van der Waals surface area contributed by atoms with E-state index in [4.69, 9.17) is 11.6 Å². The second kappa shape index (κ2) is 5.61. The van der Waals surface area contributed by atoms with E-state index in [0.717, 1.165) is 28.6 Å². The van der Waals surface area contributed by atoms with Crippen LogP contribution in [0.5, 0.6) is 0 Å². The van der Waals surface area contributed by atoms with Crippen LogP contribution in [0.2, 0.25) is 5.02 Å². The summed E-state index contributed by atoms with van der Waals surface area (Å²) in [7, 11) is 0. The van der Waals surface area contributed by atoms with E-state index in [9.17, 15) is 9.59 Å². The number of nitrogens with zero attached hydrogens (tertiary/aromatic N) is 2. The highest BCUT2D eigenvalue weighted by Crippen LogP contribution is 2.35. The van der Waals surface area contributed by atoms with Crippen molar-refractivity contribution in [3.05, 3.63) is 27.2 Å². The second-order valence-corrected chi connectivity index (χ2v) is 6.80. The van der Waals surface area contributed by atoms with Crippen LogP contribution in [-0.2, 0) is 9.59 Å². The average molecular weight is 372 g/mol. The number of aryl methyl sites for hydroxylation is 1. The van der Waals surface area contributed by atoms with Crippen molar-refractivity contribution in [2.45, 2.75) is 32.2 Å². The number of carbonyl (C=O) groups excluding carboxylic acids is 2. The Morgan fingerprint density at radius 3 is 2.81 bits per heavy atom. The fourth-order valence-corrected chi connectivity index (χ4v) is 3.87. The minimum absolute atomic E-state index is 0.000954. The smallest absolute Gasteiger partial charge is 0.249 e. The van der Waals surface area contributed by atoms with Gasteiger partial charge in [-0.25, -0.2) is 0 Å². The molecule has 0 bridgehead atoms. The van der Waals surface area contributed by atoms with Gasteiger partial charge in [0.2, 0.25) is 11.8 Å². The molecule has 6 heteroatoms. The van der Waals surface area contributed by atoms with Crippen molar-refractivity contribution in [3.8, 4) is 0 Å². The van der Waals surface area contributed by atoms with E-state index >= 15 is 0 Å². The molecule has 21 heavy (non-hydrogen) atoms. The molecule has 1 aromatic carbocycles. The molecule has 1 aromatic rings. The molecule has 2 aliphatic rings. The van der Waals surface area contributed by atoms with Crippen LogP contribution >= 0.6 is 27.5 Å². The van der Waals surface area contributed by atoms with Crippen LogP contribution in [0.15, 0.2) is 16.6 Å². The summed E-state index contributed by atoms with van der Waals surface area (Å²) in [4.78, 5) is 28.3. The summed E-state index contributed by atoms with van der Waals surface area (Å²) in [6, 6.07) is 3.39. The highest BCUT2D eigenvalue weighted by Gasteiger charge is 2.40. The van der Waals surface area contributed by atoms with Crippen LogP contribution in [0, 0.1) is 6.92 Å². The zero-order chi connectivity index (χ0) is 15.1. The number of anilines is 1. The van der Waals surface area contributed by atoms with Crippen molar-refractivity contribution < 1.29 is 9.59 Å². The van der Waals surface area contributed by atoms with E-state index in [1.165, 1.54) is 0 Å². The number of benzene rings is 1. The van der Waals surface area contributed by atoms with Gasteiger partial charge < -0.3 is 9.80 Å². The Morgan fingerprint density at radius 1 is 1.29 bits per heavy atom. The van der Waals surface area contributed by atoms with E-state index in [1.54, 1.807) is 15.9 Å². The van der Waals surface area contributed by atoms with Gasteiger partial charge >= 0.3 is 0 Å². The Morgan fingerprint density at radius 2 is 2.05 bits per heavy atom. The summed E-state index contributed by atoms with van der Waals surface area (Å²) < 4.78 is 0.830. The van der Waals surface area contributed by atoms with Crippen molar-refractivity contribution in [2.75, 3.05) is 18.0 Å². The summed E-state index contributed by atoms with van der Waals surface area (Å²) in [6.07, 6.45) is 2.00. The number of fused-ring (bicyclic) bond motifs is 1. The number of hydrogen-bond acceptors (Lipinski definition) is 2. The molecule has 0 N–H and O–H groups in total. The summed E-state index contributed by atoms with van der Waals surface area (Å²) in [6.45, 7) is 3.02. The van der Waals surface area contributed by atoms with E-state index < -0.39 is 0 Å². The predicted octanol–water partition coefficient (Wildman–Crippen LogP) is 3.14. The molecule has 4 nitrogen and oxygen atoms in total. The molecule has 112 valence electrons. The minimum atomic E-state index is -0.313. The molecular weight excluding hydrogens is 356 g/mol. The lowest BCUT2D eigenvalue weighted by Gasteiger charge is -2.26. The maximum atomic E-state index is 12.8. The first-order valence-electron chi connectivity index (χ1n) is 7.05. The minimum Gasteiger partial charge on any atom is -0.331 e. The van der Waals surface area contributed by atoms with Gasteiger partial charge in [-0.05, 0) is 53.4 Å². The number of halogens is 2. The number of amides is 2. The third-order valence-corrected chi connectivity index (χ3v) is 5.23. The Balaban J connectivity index is 2.00. The molecule has 0 aliphatic carbocycles. The Hall–Kier alpha value is -1.07. The van der Waals surface area contributed by atoms with E-state index in [-0.39, 0.29) is 17.9 Å². The topological polar surface area (TPSA) is 40.6 Å². The molecule has 2 aliphatic heterocycles. The van der Waals surface area contributed by atoms with Gasteiger partial charge in [0.1, 0.15) is 6.04 Å². The average Bonchev–Trinajstić information content (AvgIpc) is 2.89. The second-order valence-electron chi connectivity index (χ2n) is 5.54. The van der Waals surface area contributed by atoms with Gasteiger partial charge in [0.25, 0.3) is 0 Å². The van der Waals surface area contributed by atoms with Crippen LogP contribution in [-0.4, -0.2) is 35.8 Å². The summed E-state index contributed by atoms with van der Waals surface area (Å²) >= 11 is 9.70. The lowest BCUT2D eigenvalue weighted by Crippen LogP contribution is -2.43. The van der Waals surface area contributed by atoms with Crippen LogP contribution in [0.1, 0.15) is 24.8 Å². The standard InChI is InChI=1S/C15H16BrClN2O2/c1-9-7-10(16)13(8-11(9)17)19-6-4-14(20)18-5-2-3-12(18)15(19)21/h7-8,12H,2-6H2,1H3. The summed E-state index contributed by atoms with van der Waals surface area (Å²) in [5.74, 6) is 0.0710. The van der Waals surface area contributed by atoms with E-state index in [1.807, 2.05) is 13.0 Å². The summed E-state index contributed by atoms with van der Waals surface area (Å²) in [5.41, 5.74) is 1.70. The molecule has 2 fully saturated rings. The van der Waals surface area contributed by atoms with E-state index in [2.05, 4.69) is 15.9 Å². The first-order chi connectivity index (χ1) is 9.99. The molecule has 2 saturated heterocycles. The molecule has 0 aromatic heterocycles. The van der Waals surface area contributed by atoms with Crippen LogP contribution in [0.4, 0.5) is 5.69 Å². The molecule has 1 atom stereocenters. The fraction of sp³-hybridized carbons (Fsp3) is 0.467. The molecule has 2 heterocycles. The zero-order valence-corrected chi connectivity index (χ0v) is 14.1. The van der Waals surface area contributed by atoms with Crippen molar-refractivity contribution in [2.24, 2.45) is 0 Å². The molecule has 0 spiro atoms. The number of carbonyl (C=O) groups is 2. The lowest BCUT2D eigenvalue weighted by molar-refractivity contribution is -0.135. The predicted molar refractivity (Wildman–Crippen MR) is 85.6 cm³/mol. The highest BCUT2D eigenvalue weighted by molar-refractivity contribution is 9.10. The highest BCUT2D eigenvalue weighted by atomic mass is 79.9. The van der Waals surface area contributed by atoms with Crippen molar-refractivity contribution in [3.63, 3.8) is 0 Å². The van der Waals surface area contributed by atoms with Gasteiger partial charge in [-0.15, -0.1) is 0 Å². The van der Waals surface area contributed by atoms with Crippen LogP contribution < -0.4 is 4.90 Å². The van der Waals surface area contributed by atoms with Gasteiger partial charge in [-0.3, -0.25) is 9.59 Å². The van der Waals surface area contributed by atoms with Crippen molar-refractivity contribution >= 4 is 45.0 Å². The van der Waals surface area contributed by atoms with Crippen LogP contribution in [0.3, 0.4) is 0 Å². The van der Waals surface area contributed by atoms with Gasteiger partial charge in [-0.2, -0.15) is 0 Å². The zero-order valence-electron chi connectivity index (χ0n) is 11.7. The monoisotopic (exact) mass is 370 g/mol. The molecule has 2 amide bonds. The molecule has 0 radical (unpaired) electrons. The lowest BCUT2D eigenvalue weighted by atomic mass is 10.1. The van der Waals surface area contributed by atoms with Crippen molar-refractivity contribution in [1.82, 2.24) is 4.90 Å². The largest absolute Gasteiger partial charge is 0.331 e. The first-order valence-corrected chi connectivity index (χ1v) is 8.22. The van der Waals surface area contributed by atoms with E-state index in [0.29, 0.717) is 24.5 Å². The van der Waals surface area contributed by atoms with Gasteiger partial charge in [0, 0.05) is 29.0 Å². The number of rotatable bonds is 1. The van der Waals surface area contributed by atoms with Gasteiger partial charge in [-0.1, -0.05) is 11.6 Å². The first kappa shape index (κ1) is 14.9. The Bertz CT molecular complexity index is 620. The quantitative estimate of drug-likeness (QED) is 0.761. The molecule has 0 saturated carbocycles. The van der Waals surface area contributed by atoms with Gasteiger partial charge in [0.05, 0.1) is 5.69 Å². The third kappa shape index (κ3) is 2.57. The fourth-order valence-electron chi connectivity index (χ4n) is 3.04. The maximum absolute atomic E-state index is 12.8. The number of hydrogen-bond donors (Lipinski definition) is 0. The Kier molecular flexibility index (Phi) is 3.97. The normalized spacial score (nSPS) is 22.5. The summed E-state index contributed by atoms with van der Waals surface area (Å²) in [5, 5.41) is 0.625. The van der Waals surface area contributed by atoms with Crippen LogP contribution in [0.25, 0.3) is 0 Å². The maximum Gasteiger partial charge on any atom is 0.249 e. The SMILES string of the molecule is Cc1cc(Br)c(N2CCC(=O)N3CCCC3C2=O)cc1Cl. The van der Waals surface area contributed by atoms with Gasteiger partial charge in [0.15, 0.2) is 0 Å².